The number of benzene rings is 2. The molecule has 0 aliphatic heterocycles. The van der Waals surface area contributed by atoms with Gasteiger partial charge >= 0.3 is 0 Å². The zero-order valence-corrected chi connectivity index (χ0v) is 13.0. The second-order valence-corrected chi connectivity index (χ2v) is 5.33. The molecule has 1 N–H and O–H groups in total. The Morgan fingerprint density at radius 3 is 2.53 bits per heavy atom. The van der Waals surface area contributed by atoms with E-state index in [4.69, 9.17) is 4.74 Å². The molecule has 100 valence electrons. The summed E-state index contributed by atoms with van der Waals surface area (Å²) < 4.78 is 6.58. The number of rotatable bonds is 4. The monoisotopic (exact) mass is 319 g/mol. The maximum absolute atomic E-state index is 5.45. The van der Waals surface area contributed by atoms with Crippen molar-refractivity contribution in [3.63, 3.8) is 0 Å². The van der Waals surface area contributed by atoms with Crippen LogP contribution in [-0.4, -0.2) is 14.2 Å². The molecular formula is C16H18BrNO. The number of aryl methyl sites for hydroxylation is 1. The van der Waals surface area contributed by atoms with Crippen LogP contribution in [0.2, 0.25) is 0 Å². The van der Waals surface area contributed by atoms with E-state index in [-0.39, 0.29) is 6.04 Å². The van der Waals surface area contributed by atoms with Gasteiger partial charge in [0, 0.05) is 10.0 Å². The summed E-state index contributed by atoms with van der Waals surface area (Å²) in [6.45, 7) is 2.10. The first kappa shape index (κ1) is 14.1. The lowest BCUT2D eigenvalue weighted by Gasteiger charge is -2.20. The summed E-state index contributed by atoms with van der Waals surface area (Å²) in [4.78, 5) is 0. The summed E-state index contributed by atoms with van der Waals surface area (Å²) in [5.74, 6) is 0.905. The molecule has 3 heteroatoms. The third-order valence-electron chi connectivity index (χ3n) is 3.25. The first-order valence-electron chi connectivity index (χ1n) is 6.23. The summed E-state index contributed by atoms with van der Waals surface area (Å²) in [7, 11) is 3.67. The predicted molar refractivity (Wildman–Crippen MR) is 82.8 cm³/mol. The lowest BCUT2D eigenvalue weighted by molar-refractivity contribution is 0.405. The van der Waals surface area contributed by atoms with Gasteiger partial charge in [-0.15, -0.1) is 0 Å². The Balaban J connectivity index is 2.46. The number of halogens is 1. The quantitative estimate of drug-likeness (QED) is 0.917. The van der Waals surface area contributed by atoms with Gasteiger partial charge in [0.2, 0.25) is 0 Å². The number of methoxy groups -OCH3 is 1. The minimum absolute atomic E-state index is 0.128. The average Bonchev–Trinajstić information content (AvgIpc) is 2.44. The molecule has 2 aromatic rings. The summed E-state index contributed by atoms with van der Waals surface area (Å²) in [6, 6.07) is 14.6. The van der Waals surface area contributed by atoms with Crippen molar-refractivity contribution in [3.05, 3.63) is 63.6 Å². The van der Waals surface area contributed by atoms with E-state index in [1.807, 2.05) is 25.2 Å². The lowest BCUT2D eigenvalue weighted by atomic mass is 9.97. The van der Waals surface area contributed by atoms with Crippen LogP contribution in [0, 0.1) is 6.92 Å². The van der Waals surface area contributed by atoms with Crippen molar-refractivity contribution in [1.82, 2.24) is 5.32 Å². The smallest absolute Gasteiger partial charge is 0.123 e. The Morgan fingerprint density at radius 1 is 1.16 bits per heavy atom. The van der Waals surface area contributed by atoms with Crippen molar-refractivity contribution in [3.8, 4) is 5.75 Å². The van der Waals surface area contributed by atoms with E-state index in [1.54, 1.807) is 7.11 Å². The molecule has 19 heavy (non-hydrogen) atoms. The van der Waals surface area contributed by atoms with Gasteiger partial charge in [-0.3, -0.25) is 0 Å². The lowest BCUT2D eigenvalue weighted by Crippen LogP contribution is -2.18. The van der Waals surface area contributed by atoms with Gasteiger partial charge in [0.1, 0.15) is 5.75 Å². The number of hydrogen-bond acceptors (Lipinski definition) is 2. The van der Waals surface area contributed by atoms with Gasteiger partial charge in [0.05, 0.1) is 13.2 Å². The SMILES string of the molecule is CNC(c1ccc(Br)c(C)c1)c1ccccc1OC. The molecule has 0 amide bonds. The van der Waals surface area contributed by atoms with Crippen LogP contribution in [0.25, 0.3) is 0 Å². The van der Waals surface area contributed by atoms with Crippen LogP contribution in [0.5, 0.6) is 5.75 Å². The maximum atomic E-state index is 5.45. The first-order valence-corrected chi connectivity index (χ1v) is 7.03. The van der Waals surface area contributed by atoms with Crippen LogP contribution in [0.3, 0.4) is 0 Å². The molecule has 0 aliphatic rings. The fourth-order valence-electron chi connectivity index (χ4n) is 2.25. The molecule has 0 aromatic heterocycles. The fraction of sp³-hybridized carbons (Fsp3) is 0.250. The summed E-state index contributed by atoms with van der Waals surface area (Å²) in [6.07, 6.45) is 0. The molecule has 0 radical (unpaired) electrons. The molecule has 0 heterocycles. The Kier molecular flexibility index (Phi) is 4.61. The van der Waals surface area contributed by atoms with E-state index in [1.165, 1.54) is 11.1 Å². The predicted octanol–water partition coefficient (Wildman–Crippen LogP) is 4.07. The Morgan fingerprint density at radius 2 is 1.89 bits per heavy atom. The van der Waals surface area contributed by atoms with Crippen LogP contribution in [-0.2, 0) is 0 Å². The van der Waals surface area contributed by atoms with Gasteiger partial charge in [0.25, 0.3) is 0 Å². The van der Waals surface area contributed by atoms with Crippen molar-refractivity contribution in [2.75, 3.05) is 14.2 Å². The highest BCUT2D eigenvalue weighted by molar-refractivity contribution is 9.10. The molecule has 2 aromatic carbocycles. The van der Waals surface area contributed by atoms with Gasteiger partial charge in [-0.1, -0.05) is 46.3 Å². The molecule has 0 saturated carbocycles. The molecule has 0 aliphatic carbocycles. The van der Waals surface area contributed by atoms with Crippen molar-refractivity contribution in [2.45, 2.75) is 13.0 Å². The van der Waals surface area contributed by atoms with Gasteiger partial charge in [-0.2, -0.15) is 0 Å². The molecule has 0 saturated heterocycles. The third kappa shape index (κ3) is 2.99. The molecule has 1 atom stereocenters. The van der Waals surface area contributed by atoms with Crippen molar-refractivity contribution < 1.29 is 4.74 Å². The molecule has 0 spiro atoms. The van der Waals surface area contributed by atoms with Crippen molar-refractivity contribution >= 4 is 15.9 Å². The van der Waals surface area contributed by atoms with E-state index in [0.717, 1.165) is 15.8 Å². The molecule has 1 unspecified atom stereocenters. The highest BCUT2D eigenvalue weighted by Crippen LogP contribution is 2.31. The Labute approximate surface area is 122 Å². The molecular weight excluding hydrogens is 302 g/mol. The van der Waals surface area contributed by atoms with Gasteiger partial charge in [-0.25, -0.2) is 0 Å². The number of ether oxygens (including phenoxy) is 1. The standard InChI is InChI=1S/C16H18BrNO/c1-11-10-12(8-9-14(11)17)16(18-2)13-6-4-5-7-15(13)19-3/h4-10,16,18H,1-3H3. The largest absolute Gasteiger partial charge is 0.496 e. The van der Waals surface area contributed by atoms with Crippen LogP contribution in [0.1, 0.15) is 22.7 Å². The first-order chi connectivity index (χ1) is 9.17. The normalized spacial score (nSPS) is 12.2. The highest BCUT2D eigenvalue weighted by Gasteiger charge is 2.16. The van der Waals surface area contributed by atoms with Crippen molar-refractivity contribution in [1.29, 1.82) is 0 Å². The third-order valence-corrected chi connectivity index (χ3v) is 4.14. The van der Waals surface area contributed by atoms with E-state index in [0.29, 0.717) is 0 Å². The van der Waals surface area contributed by atoms with Crippen LogP contribution < -0.4 is 10.1 Å². The second-order valence-electron chi connectivity index (χ2n) is 4.47. The van der Waals surface area contributed by atoms with E-state index >= 15 is 0 Å². The molecule has 0 bridgehead atoms. The fourth-order valence-corrected chi connectivity index (χ4v) is 2.50. The van der Waals surface area contributed by atoms with E-state index < -0.39 is 0 Å². The number of hydrogen-bond donors (Lipinski definition) is 1. The van der Waals surface area contributed by atoms with Crippen LogP contribution in [0.15, 0.2) is 46.9 Å². The van der Waals surface area contributed by atoms with Gasteiger partial charge in [-0.05, 0) is 37.2 Å². The minimum Gasteiger partial charge on any atom is -0.496 e. The van der Waals surface area contributed by atoms with Crippen molar-refractivity contribution in [2.24, 2.45) is 0 Å². The zero-order chi connectivity index (χ0) is 13.8. The number of nitrogens with one attached hydrogen (secondary N) is 1. The second kappa shape index (κ2) is 6.22. The van der Waals surface area contributed by atoms with E-state index in [2.05, 4.69) is 52.4 Å². The van der Waals surface area contributed by atoms with Crippen LogP contribution in [0.4, 0.5) is 0 Å². The molecule has 2 nitrogen and oxygen atoms in total. The summed E-state index contributed by atoms with van der Waals surface area (Å²) in [5.41, 5.74) is 3.61. The maximum Gasteiger partial charge on any atom is 0.123 e. The summed E-state index contributed by atoms with van der Waals surface area (Å²) >= 11 is 3.54. The average molecular weight is 320 g/mol. The summed E-state index contributed by atoms with van der Waals surface area (Å²) in [5, 5.41) is 3.36. The Bertz CT molecular complexity index is 568. The van der Waals surface area contributed by atoms with Gasteiger partial charge < -0.3 is 10.1 Å². The van der Waals surface area contributed by atoms with Gasteiger partial charge in [0.15, 0.2) is 0 Å². The zero-order valence-electron chi connectivity index (χ0n) is 11.4. The highest BCUT2D eigenvalue weighted by atomic mass is 79.9. The Hall–Kier alpha value is -1.32. The number of para-hydroxylation sites is 1. The topological polar surface area (TPSA) is 21.3 Å². The molecule has 0 fully saturated rings. The van der Waals surface area contributed by atoms with E-state index in [9.17, 15) is 0 Å². The van der Waals surface area contributed by atoms with Crippen LogP contribution >= 0.6 is 15.9 Å². The molecule has 2 rings (SSSR count). The minimum atomic E-state index is 0.128.